The summed E-state index contributed by atoms with van der Waals surface area (Å²) in [6.07, 6.45) is 0. The molecule has 1 amide bonds. The van der Waals surface area contributed by atoms with Gasteiger partial charge in [-0.05, 0) is 37.6 Å². The molecule has 0 radical (unpaired) electrons. The standard InChI is InChI=1S/C16H20N4O2/c1-11-4-5-13(12(2)10-11)18-15-7-6-14(19-20-15)16(21)17-8-9-22-3/h4-7,10H,8-9H2,1-3H3,(H,17,21)(H,18,20). The van der Waals surface area contributed by atoms with Crippen LogP contribution in [0.1, 0.15) is 21.6 Å². The normalized spacial score (nSPS) is 10.3. The van der Waals surface area contributed by atoms with Crippen molar-refractivity contribution in [1.29, 1.82) is 0 Å². The summed E-state index contributed by atoms with van der Waals surface area (Å²) >= 11 is 0. The number of rotatable bonds is 6. The molecular formula is C16H20N4O2. The lowest BCUT2D eigenvalue weighted by Crippen LogP contribution is -2.27. The molecule has 1 aromatic carbocycles. The van der Waals surface area contributed by atoms with Crippen molar-refractivity contribution in [2.75, 3.05) is 25.6 Å². The molecule has 22 heavy (non-hydrogen) atoms. The van der Waals surface area contributed by atoms with Gasteiger partial charge in [-0.3, -0.25) is 4.79 Å². The molecule has 2 N–H and O–H groups in total. The highest BCUT2D eigenvalue weighted by Crippen LogP contribution is 2.19. The summed E-state index contributed by atoms with van der Waals surface area (Å²) in [4.78, 5) is 11.8. The first-order valence-electron chi connectivity index (χ1n) is 7.05. The van der Waals surface area contributed by atoms with E-state index in [9.17, 15) is 4.79 Å². The Bertz CT molecular complexity index is 641. The molecule has 1 aromatic heterocycles. The Labute approximate surface area is 129 Å². The van der Waals surface area contributed by atoms with Crippen molar-refractivity contribution in [2.24, 2.45) is 0 Å². The second-order valence-electron chi connectivity index (χ2n) is 5.00. The lowest BCUT2D eigenvalue weighted by atomic mass is 10.1. The number of benzene rings is 1. The maximum atomic E-state index is 11.8. The van der Waals surface area contributed by atoms with Crippen molar-refractivity contribution in [3.05, 3.63) is 47.2 Å². The van der Waals surface area contributed by atoms with Gasteiger partial charge >= 0.3 is 0 Å². The Kier molecular flexibility index (Phi) is 5.43. The molecule has 0 spiro atoms. The van der Waals surface area contributed by atoms with Crippen LogP contribution < -0.4 is 10.6 Å². The molecule has 0 fully saturated rings. The maximum Gasteiger partial charge on any atom is 0.271 e. The van der Waals surface area contributed by atoms with Gasteiger partial charge in [-0.25, -0.2) is 0 Å². The van der Waals surface area contributed by atoms with Gasteiger partial charge in [-0.1, -0.05) is 17.7 Å². The second kappa shape index (κ2) is 7.51. The number of aryl methyl sites for hydroxylation is 2. The number of methoxy groups -OCH3 is 1. The molecule has 0 unspecified atom stereocenters. The topological polar surface area (TPSA) is 76.1 Å². The summed E-state index contributed by atoms with van der Waals surface area (Å²) in [5.74, 6) is 0.336. The Hall–Kier alpha value is -2.47. The number of carbonyl (C=O) groups is 1. The van der Waals surface area contributed by atoms with Crippen LogP contribution in [0.4, 0.5) is 11.5 Å². The van der Waals surface area contributed by atoms with Crippen LogP contribution in [0.25, 0.3) is 0 Å². The van der Waals surface area contributed by atoms with Gasteiger partial charge in [0.2, 0.25) is 0 Å². The van der Waals surface area contributed by atoms with Crippen molar-refractivity contribution in [3.63, 3.8) is 0 Å². The first kappa shape index (κ1) is 15.9. The van der Waals surface area contributed by atoms with Gasteiger partial charge in [-0.2, -0.15) is 0 Å². The molecule has 2 rings (SSSR count). The highest BCUT2D eigenvalue weighted by molar-refractivity contribution is 5.92. The van der Waals surface area contributed by atoms with Crippen molar-refractivity contribution in [2.45, 2.75) is 13.8 Å². The van der Waals surface area contributed by atoms with Gasteiger partial charge in [0.15, 0.2) is 11.5 Å². The number of hydrogen-bond donors (Lipinski definition) is 2. The average molecular weight is 300 g/mol. The summed E-state index contributed by atoms with van der Waals surface area (Å²) in [7, 11) is 1.58. The molecule has 6 heteroatoms. The number of amides is 1. The first-order valence-corrected chi connectivity index (χ1v) is 7.05. The molecule has 0 saturated carbocycles. The summed E-state index contributed by atoms with van der Waals surface area (Å²) < 4.78 is 4.87. The number of nitrogens with one attached hydrogen (secondary N) is 2. The third-order valence-electron chi connectivity index (χ3n) is 3.13. The van der Waals surface area contributed by atoms with Crippen LogP contribution >= 0.6 is 0 Å². The van der Waals surface area contributed by atoms with Gasteiger partial charge in [0.05, 0.1) is 6.61 Å². The van der Waals surface area contributed by atoms with Gasteiger partial charge in [0.1, 0.15) is 0 Å². The van der Waals surface area contributed by atoms with Crippen LogP contribution in [0.3, 0.4) is 0 Å². The molecule has 0 aliphatic rings. The van der Waals surface area contributed by atoms with Gasteiger partial charge < -0.3 is 15.4 Å². The molecule has 0 aliphatic heterocycles. The highest BCUT2D eigenvalue weighted by atomic mass is 16.5. The molecule has 0 aliphatic carbocycles. The Morgan fingerprint density at radius 3 is 2.64 bits per heavy atom. The smallest absolute Gasteiger partial charge is 0.271 e. The molecular weight excluding hydrogens is 280 g/mol. The fourth-order valence-corrected chi connectivity index (χ4v) is 1.97. The van der Waals surface area contributed by atoms with Crippen LogP contribution in [0.5, 0.6) is 0 Å². The third kappa shape index (κ3) is 4.26. The summed E-state index contributed by atoms with van der Waals surface area (Å²) in [6, 6.07) is 9.49. The Balaban J connectivity index is 2.01. The predicted octanol–water partition coefficient (Wildman–Crippen LogP) is 2.21. The first-order chi connectivity index (χ1) is 10.6. The lowest BCUT2D eigenvalue weighted by molar-refractivity contribution is 0.0931. The fraction of sp³-hybridized carbons (Fsp3) is 0.312. The summed E-state index contributed by atoms with van der Waals surface area (Å²) in [5, 5.41) is 13.9. The zero-order valence-electron chi connectivity index (χ0n) is 13.0. The summed E-state index contributed by atoms with van der Waals surface area (Å²) in [5.41, 5.74) is 3.58. The Morgan fingerprint density at radius 2 is 2.00 bits per heavy atom. The quantitative estimate of drug-likeness (QED) is 0.800. The molecule has 2 aromatic rings. The molecule has 6 nitrogen and oxygen atoms in total. The van der Waals surface area contributed by atoms with E-state index < -0.39 is 0 Å². The minimum Gasteiger partial charge on any atom is -0.383 e. The van der Waals surface area contributed by atoms with Crippen LogP contribution in [0.15, 0.2) is 30.3 Å². The Morgan fingerprint density at radius 1 is 1.18 bits per heavy atom. The predicted molar refractivity (Wildman–Crippen MR) is 85.4 cm³/mol. The zero-order valence-corrected chi connectivity index (χ0v) is 13.0. The minimum atomic E-state index is -0.261. The van der Waals surface area contributed by atoms with Crippen molar-refractivity contribution >= 4 is 17.4 Å². The van der Waals surface area contributed by atoms with E-state index in [1.54, 1.807) is 19.2 Å². The molecule has 116 valence electrons. The third-order valence-corrected chi connectivity index (χ3v) is 3.13. The van der Waals surface area contributed by atoms with Crippen LogP contribution in [0.2, 0.25) is 0 Å². The number of hydrogen-bond acceptors (Lipinski definition) is 5. The number of ether oxygens (including phenoxy) is 1. The van der Waals surface area contributed by atoms with Crippen LogP contribution in [-0.4, -0.2) is 36.4 Å². The summed E-state index contributed by atoms with van der Waals surface area (Å²) in [6.45, 7) is 4.99. The number of aromatic nitrogens is 2. The average Bonchev–Trinajstić information content (AvgIpc) is 2.51. The van der Waals surface area contributed by atoms with Crippen molar-refractivity contribution in [1.82, 2.24) is 15.5 Å². The SMILES string of the molecule is COCCNC(=O)c1ccc(Nc2ccc(C)cc2C)nn1. The second-order valence-corrected chi connectivity index (χ2v) is 5.00. The number of anilines is 2. The monoisotopic (exact) mass is 300 g/mol. The van der Waals surface area contributed by atoms with Crippen molar-refractivity contribution in [3.8, 4) is 0 Å². The highest BCUT2D eigenvalue weighted by Gasteiger charge is 2.08. The van der Waals surface area contributed by atoms with E-state index in [1.165, 1.54) is 5.56 Å². The van der Waals surface area contributed by atoms with E-state index in [0.29, 0.717) is 19.0 Å². The maximum absolute atomic E-state index is 11.8. The zero-order chi connectivity index (χ0) is 15.9. The van der Waals surface area contributed by atoms with Gasteiger partial charge in [0.25, 0.3) is 5.91 Å². The van der Waals surface area contributed by atoms with E-state index in [2.05, 4.69) is 26.9 Å². The fourth-order valence-electron chi connectivity index (χ4n) is 1.97. The van der Waals surface area contributed by atoms with E-state index in [1.807, 2.05) is 26.0 Å². The van der Waals surface area contributed by atoms with Crippen LogP contribution in [0, 0.1) is 13.8 Å². The van der Waals surface area contributed by atoms with Crippen LogP contribution in [-0.2, 0) is 4.74 Å². The molecule has 0 bridgehead atoms. The van der Waals surface area contributed by atoms with Crippen molar-refractivity contribution < 1.29 is 9.53 Å². The molecule has 1 heterocycles. The largest absolute Gasteiger partial charge is 0.383 e. The number of carbonyl (C=O) groups excluding carboxylic acids is 1. The van der Waals surface area contributed by atoms with Gasteiger partial charge in [0, 0.05) is 19.3 Å². The molecule has 0 saturated heterocycles. The number of nitrogens with zero attached hydrogens (tertiary/aromatic N) is 2. The van der Waals surface area contributed by atoms with E-state index in [4.69, 9.17) is 4.74 Å². The van der Waals surface area contributed by atoms with E-state index in [0.717, 1.165) is 11.3 Å². The van der Waals surface area contributed by atoms with E-state index >= 15 is 0 Å². The van der Waals surface area contributed by atoms with E-state index in [-0.39, 0.29) is 11.6 Å². The minimum absolute atomic E-state index is 0.261. The van der Waals surface area contributed by atoms with Gasteiger partial charge in [-0.15, -0.1) is 10.2 Å². The molecule has 0 atom stereocenters. The lowest BCUT2D eigenvalue weighted by Gasteiger charge is -2.09.